The van der Waals surface area contributed by atoms with Gasteiger partial charge in [0.2, 0.25) is 0 Å². The molecule has 0 aromatic rings. The van der Waals surface area contributed by atoms with E-state index in [-0.39, 0.29) is 0 Å². The number of hydrogen-bond donors (Lipinski definition) is 0. The van der Waals surface area contributed by atoms with E-state index in [9.17, 15) is 4.21 Å². The fourth-order valence-corrected chi connectivity index (χ4v) is 1.48. The normalized spacial score (nSPS) is 21.0. The van der Waals surface area contributed by atoms with Crippen molar-refractivity contribution in [3.05, 3.63) is 0 Å². The summed E-state index contributed by atoms with van der Waals surface area (Å²) in [6, 6.07) is 0. The van der Waals surface area contributed by atoms with Crippen molar-refractivity contribution in [1.29, 1.82) is 0 Å². The molecule has 0 aliphatic heterocycles. The van der Waals surface area contributed by atoms with E-state index in [1.54, 1.807) is 0 Å². The van der Waals surface area contributed by atoms with E-state index in [0.29, 0.717) is 17.2 Å². The molecular formula is C6H9OS. The van der Waals surface area contributed by atoms with Crippen LogP contribution < -0.4 is 0 Å². The second kappa shape index (κ2) is 3.02. The molecule has 0 saturated heterocycles. The van der Waals surface area contributed by atoms with Crippen LogP contribution in [0.1, 0.15) is 25.7 Å². The van der Waals surface area contributed by atoms with Gasteiger partial charge in [-0.05, 0) is 18.8 Å². The lowest BCUT2D eigenvalue weighted by molar-refractivity contribution is 0.699. The van der Waals surface area contributed by atoms with Crippen LogP contribution in [0.2, 0.25) is 0 Å². The van der Waals surface area contributed by atoms with Crippen molar-refractivity contribution < 1.29 is 4.21 Å². The minimum absolute atomic E-state index is 0.499. The van der Waals surface area contributed by atoms with Crippen LogP contribution in [0.5, 0.6) is 0 Å². The smallest absolute Gasteiger partial charge is 0.0936 e. The second-order valence-corrected chi connectivity index (χ2v) is 2.58. The van der Waals surface area contributed by atoms with Crippen LogP contribution in [0.15, 0.2) is 0 Å². The van der Waals surface area contributed by atoms with Crippen LogP contribution in [0, 0.1) is 5.92 Å². The third kappa shape index (κ3) is 1.44. The molecule has 0 aromatic carbocycles. The summed E-state index contributed by atoms with van der Waals surface area (Å²) < 4.78 is 9.89. The predicted octanol–water partition coefficient (Wildman–Crippen LogP) is 1.07. The second-order valence-electron chi connectivity index (χ2n) is 2.18. The largest absolute Gasteiger partial charge is 0.212 e. The quantitative estimate of drug-likeness (QED) is 0.484. The Kier molecular flexibility index (Phi) is 2.27. The molecule has 1 fully saturated rings. The third-order valence-corrected chi connectivity index (χ3v) is 2.00. The van der Waals surface area contributed by atoms with Gasteiger partial charge >= 0.3 is 0 Å². The fraction of sp³-hybridized carbons (Fsp3) is 0.833. The minimum Gasteiger partial charge on any atom is -0.212 e. The van der Waals surface area contributed by atoms with Crippen LogP contribution >= 0.6 is 0 Å². The van der Waals surface area contributed by atoms with Crippen molar-refractivity contribution in [3.63, 3.8) is 0 Å². The third-order valence-electron chi connectivity index (χ3n) is 1.57. The van der Waals surface area contributed by atoms with Gasteiger partial charge in [0, 0.05) is 0 Å². The molecule has 1 aliphatic carbocycles. The van der Waals surface area contributed by atoms with E-state index >= 15 is 0 Å². The minimum atomic E-state index is 0.499. The molecule has 0 spiro atoms. The molecular weight excluding hydrogens is 120 g/mol. The zero-order valence-electron chi connectivity index (χ0n) is 4.72. The summed E-state index contributed by atoms with van der Waals surface area (Å²) >= 11 is 0.499. The highest BCUT2D eigenvalue weighted by Crippen LogP contribution is 2.22. The molecule has 1 radical (unpaired) electrons. The molecule has 1 saturated carbocycles. The number of rotatable bonds is 1. The van der Waals surface area contributed by atoms with E-state index < -0.39 is 0 Å². The Balaban J connectivity index is 2.35. The predicted molar refractivity (Wildman–Crippen MR) is 35.1 cm³/mol. The van der Waals surface area contributed by atoms with Crippen molar-refractivity contribution in [3.8, 4) is 0 Å². The lowest BCUT2D eigenvalue weighted by Gasteiger charge is -1.91. The topological polar surface area (TPSA) is 17.1 Å². The zero-order chi connectivity index (χ0) is 5.82. The first kappa shape index (κ1) is 6.02. The molecule has 0 amide bonds. The first-order chi connectivity index (χ1) is 3.93. The molecule has 0 atom stereocenters. The summed E-state index contributed by atoms with van der Waals surface area (Å²) in [5.74, 6) is 0.512. The van der Waals surface area contributed by atoms with Gasteiger partial charge in [-0.2, -0.15) is 0 Å². The maximum Gasteiger partial charge on any atom is 0.0936 e. The average Bonchev–Trinajstić information content (AvgIpc) is 2.19. The molecule has 0 aromatic heterocycles. The van der Waals surface area contributed by atoms with Gasteiger partial charge in [-0.3, -0.25) is 0 Å². The van der Waals surface area contributed by atoms with Crippen molar-refractivity contribution >= 4 is 16.6 Å². The molecule has 1 nitrogen and oxygen atoms in total. The summed E-state index contributed by atoms with van der Waals surface area (Å²) in [6.45, 7) is 0. The Hall–Kier alpha value is -0.110. The Morgan fingerprint density at radius 2 is 2.00 bits per heavy atom. The van der Waals surface area contributed by atoms with E-state index in [2.05, 4.69) is 5.37 Å². The zero-order valence-corrected chi connectivity index (χ0v) is 5.54. The Morgan fingerprint density at radius 3 is 2.50 bits per heavy atom. The van der Waals surface area contributed by atoms with Crippen LogP contribution in [0.4, 0.5) is 0 Å². The molecule has 0 bridgehead atoms. The summed E-state index contributed by atoms with van der Waals surface area (Å²) in [5, 5.41) is 2.81. The van der Waals surface area contributed by atoms with Crippen LogP contribution in [0.3, 0.4) is 0 Å². The first-order valence-corrected chi connectivity index (χ1v) is 3.72. The van der Waals surface area contributed by atoms with E-state index in [4.69, 9.17) is 0 Å². The highest BCUT2D eigenvalue weighted by Gasteiger charge is 2.11. The van der Waals surface area contributed by atoms with E-state index in [1.165, 1.54) is 25.7 Å². The average molecular weight is 129 g/mol. The van der Waals surface area contributed by atoms with Gasteiger partial charge in [0.15, 0.2) is 0 Å². The van der Waals surface area contributed by atoms with Gasteiger partial charge < -0.3 is 0 Å². The van der Waals surface area contributed by atoms with Crippen molar-refractivity contribution in [1.82, 2.24) is 0 Å². The maximum absolute atomic E-state index is 9.89. The molecule has 0 heterocycles. The lowest BCUT2D eigenvalue weighted by atomic mass is 10.1. The molecule has 45 valence electrons. The molecule has 0 unspecified atom stereocenters. The Labute approximate surface area is 53.2 Å². The van der Waals surface area contributed by atoms with Crippen molar-refractivity contribution in [2.75, 3.05) is 0 Å². The van der Waals surface area contributed by atoms with Gasteiger partial charge in [-0.25, -0.2) is 4.21 Å². The fourth-order valence-electron chi connectivity index (χ4n) is 1.11. The number of hydrogen-bond acceptors (Lipinski definition) is 1. The highest BCUT2D eigenvalue weighted by molar-refractivity contribution is 7.64. The maximum atomic E-state index is 9.89. The summed E-state index contributed by atoms with van der Waals surface area (Å²) in [4.78, 5) is 0. The highest BCUT2D eigenvalue weighted by atomic mass is 32.1. The Bertz CT molecular complexity index is 110. The van der Waals surface area contributed by atoms with Gasteiger partial charge in [-0.15, -0.1) is 0 Å². The standard InChI is InChI=1S/C6H9OS/c7-8-5-6-3-1-2-4-6/h6H,1-4H2. The summed E-state index contributed by atoms with van der Waals surface area (Å²) in [5.41, 5.74) is 0. The van der Waals surface area contributed by atoms with Crippen molar-refractivity contribution in [2.24, 2.45) is 5.92 Å². The van der Waals surface area contributed by atoms with Gasteiger partial charge in [-0.1, -0.05) is 12.8 Å². The lowest BCUT2D eigenvalue weighted by Crippen LogP contribution is -1.91. The van der Waals surface area contributed by atoms with Crippen LogP contribution in [-0.2, 0) is 11.3 Å². The molecule has 2 heteroatoms. The SMILES string of the molecule is O=S=[C]C1CCCC1. The van der Waals surface area contributed by atoms with Gasteiger partial charge in [0.1, 0.15) is 0 Å². The van der Waals surface area contributed by atoms with E-state index in [0.717, 1.165) is 0 Å². The first-order valence-electron chi connectivity index (χ1n) is 2.98. The molecule has 0 N–H and O–H groups in total. The summed E-state index contributed by atoms with van der Waals surface area (Å²) in [7, 11) is 0. The molecule has 1 rings (SSSR count). The van der Waals surface area contributed by atoms with Crippen molar-refractivity contribution in [2.45, 2.75) is 25.7 Å². The summed E-state index contributed by atoms with van der Waals surface area (Å²) in [6.07, 6.45) is 4.96. The van der Waals surface area contributed by atoms with Gasteiger partial charge in [0.05, 0.1) is 16.6 Å². The van der Waals surface area contributed by atoms with E-state index in [1.807, 2.05) is 0 Å². The Morgan fingerprint density at radius 1 is 1.38 bits per heavy atom. The van der Waals surface area contributed by atoms with Crippen LogP contribution in [0.25, 0.3) is 0 Å². The monoisotopic (exact) mass is 129 g/mol. The van der Waals surface area contributed by atoms with Crippen LogP contribution in [-0.4, -0.2) is 9.58 Å². The molecule has 1 aliphatic rings. The van der Waals surface area contributed by atoms with Gasteiger partial charge in [0.25, 0.3) is 0 Å². The molecule has 8 heavy (non-hydrogen) atoms.